The van der Waals surface area contributed by atoms with Crippen LogP contribution in [-0.2, 0) is 24.3 Å². The Kier molecular flexibility index (Phi) is 8.39. The summed E-state index contributed by atoms with van der Waals surface area (Å²) in [5.41, 5.74) is 2.41. The van der Waals surface area contributed by atoms with Crippen molar-refractivity contribution in [2.75, 3.05) is 19.7 Å². The highest BCUT2D eigenvalue weighted by atomic mass is 32.1. The molecule has 0 aliphatic carbocycles. The third-order valence-corrected chi connectivity index (χ3v) is 9.19. The first kappa shape index (κ1) is 30.5. The quantitative estimate of drug-likeness (QED) is 0.302. The normalized spacial score (nSPS) is 18.6. The largest absolute Gasteiger partial charge is 0.487 e. The zero-order valence-electron chi connectivity index (χ0n) is 25.4. The molecule has 2 aromatic heterocycles. The van der Waals surface area contributed by atoms with Crippen molar-refractivity contribution < 1.29 is 23.5 Å². The molecular formula is C34H31FN6O5S. The van der Waals surface area contributed by atoms with Crippen LogP contribution < -0.4 is 25.7 Å². The van der Waals surface area contributed by atoms with Crippen LogP contribution in [0.3, 0.4) is 0 Å². The van der Waals surface area contributed by atoms with Crippen LogP contribution in [0, 0.1) is 5.82 Å². The zero-order valence-corrected chi connectivity index (χ0v) is 26.3. The van der Waals surface area contributed by atoms with Gasteiger partial charge in [-0.15, -0.1) is 0 Å². The molecule has 240 valence electrons. The van der Waals surface area contributed by atoms with E-state index in [-0.39, 0.29) is 23.6 Å². The number of fused-ring (bicyclic) bond motifs is 8. The number of carbonyl (C=O) groups is 2. The van der Waals surface area contributed by atoms with Crippen LogP contribution in [0.2, 0.25) is 0 Å². The van der Waals surface area contributed by atoms with E-state index in [1.165, 1.54) is 34.1 Å². The molecule has 2 amide bonds. The molecule has 0 radical (unpaired) electrons. The molecule has 8 rings (SSSR count). The minimum atomic E-state index is -0.658. The summed E-state index contributed by atoms with van der Waals surface area (Å²) >= 11 is 1.38. The maximum atomic E-state index is 15.1. The number of aromatic nitrogens is 3. The number of nitrogens with one attached hydrogen (secondary N) is 2. The van der Waals surface area contributed by atoms with E-state index < -0.39 is 23.9 Å². The monoisotopic (exact) mass is 654 g/mol. The summed E-state index contributed by atoms with van der Waals surface area (Å²) in [7, 11) is 0. The topological polar surface area (TPSA) is 127 Å². The number of nitrogens with zero attached hydrogens (tertiary/aromatic N) is 4. The molecule has 3 aliphatic rings. The molecule has 5 aromatic rings. The van der Waals surface area contributed by atoms with E-state index in [0.29, 0.717) is 65.9 Å². The molecule has 1 fully saturated rings. The van der Waals surface area contributed by atoms with Crippen LogP contribution in [0.1, 0.15) is 33.5 Å². The first-order valence-electron chi connectivity index (χ1n) is 15.3. The number of ether oxygens (including phenoxy) is 2. The van der Waals surface area contributed by atoms with Crippen LogP contribution in [0.25, 0.3) is 16.1 Å². The van der Waals surface area contributed by atoms with Gasteiger partial charge in [-0.25, -0.2) is 9.37 Å². The lowest BCUT2D eigenvalue weighted by Crippen LogP contribution is -2.45. The highest BCUT2D eigenvalue weighted by molar-refractivity contribution is 7.16. The third-order valence-electron chi connectivity index (χ3n) is 8.14. The Morgan fingerprint density at radius 2 is 1.81 bits per heavy atom. The number of benzene rings is 3. The van der Waals surface area contributed by atoms with Gasteiger partial charge in [-0.2, -0.15) is 9.61 Å². The summed E-state index contributed by atoms with van der Waals surface area (Å²) in [5, 5.41) is 11.0. The average Bonchev–Trinajstić information content (AvgIpc) is 3.66. The number of amides is 2. The summed E-state index contributed by atoms with van der Waals surface area (Å²) in [5.74, 6) is -0.472. The van der Waals surface area contributed by atoms with Crippen LogP contribution in [0.5, 0.6) is 11.5 Å². The fraction of sp³-hybridized carbons (Fsp3) is 0.265. The lowest BCUT2D eigenvalue weighted by atomic mass is 10.0. The zero-order chi connectivity index (χ0) is 32.5. The van der Waals surface area contributed by atoms with E-state index in [4.69, 9.17) is 9.47 Å². The molecule has 1 saturated heterocycles. The van der Waals surface area contributed by atoms with Crippen molar-refractivity contribution in [3.63, 3.8) is 0 Å². The molecule has 5 heterocycles. The Bertz CT molecular complexity index is 2030. The fourth-order valence-corrected chi connectivity index (χ4v) is 6.60. The molecule has 3 aromatic carbocycles. The summed E-state index contributed by atoms with van der Waals surface area (Å²) in [6.45, 7) is 3.25. The Labute approximate surface area is 273 Å². The van der Waals surface area contributed by atoms with Crippen LogP contribution in [-0.4, -0.2) is 63.2 Å². The first-order valence-corrected chi connectivity index (χ1v) is 16.1. The van der Waals surface area contributed by atoms with E-state index >= 15 is 4.39 Å². The van der Waals surface area contributed by atoms with Gasteiger partial charge in [-0.1, -0.05) is 48.6 Å². The standard InChI is InChI=1S/C34H31FN6O5S/c1-2-31-39-41-32(43)14-23(37-34(41)47-31)16-40-17-28-29(18-40)46-24-9-6-20(7-10-24)15-36-30(42)19-45-25-5-3-4-21(12-25)22-8-11-27(35)26(13-22)33(44)38-28/h3-14,28-29H,2,15-19H2,1H3,(H,36,42)(H,38,44)/t28-,29-/m0/s1. The Morgan fingerprint density at radius 1 is 0.979 bits per heavy atom. The molecule has 2 atom stereocenters. The second kappa shape index (κ2) is 12.9. The van der Waals surface area contributed by atoms with Crippen molar-refractivity contribution in [2.24, 2.45) is 0 Å². The van der Waals surface area contributed by atoms with E-state index in [1.807, 2.05) is 30.0 Å². The molecule has 13 heteroatoms. The molecule has 0 unspecified atom stereocenters. The van der Waals surface area contributed by atoms with Gasteiger partial charge < -0.3 is 20.1 Å². The minimum Gasteiger partial charge on any atom is -0.487 e. The van der Waals surface area contributed by atoms with Gasteiger partial charge in [0.1, 0.15) is 28.4 Å². The number of likely N-dealkylation sites (tertiary alicyclic amines) is 1. The average molecular weight is 655 g/mol. The highest BCUT2D eigenvalue weighted by Gasteiger charge is 2.36. The van der Waals surface area contributed by atoms with Crippen molar-refractivity contribution in [3.8, 4) is 22.6 Å². The van der Waals surface area contributed by atoms with Crippen molar-refractivity contribution in [2.45, 2.75) is 38.6 Å². The van der Waals surface area contributed by atoms with Gasteiger partial charge in [0.05, 0.1) is 17.3 Å². The van der Waals surface area contributed by atoms with E-state index in [1.54, 1.807) is 36.4 Å². The predicted molar refractivity (Wildman–Crippen MR) is 173 cm³/mol. The van der Waals surface area contributed by atoms with Crippen LogP contribution in [0.4, 0.5) is 4.39 Å². The van der Waals surface area contributed by atoms with Crippen molar-refractivity contribution in [3.05, 3.63) is 111 Å². The van der Waals surface area contributed by atoms with Gasteiger partial charge in [0.15, 0.2) is 6.61 Å². The highest BCUT2D eigenvalue weighted by Crippen LogP contribution is 2.27. The van der Waals surface area contributed by atoms with Crippen LogP contribution in [0.15, 0.2) is 77.6 Å². The number of rotatable bonds is 3. The Hall–Kier alpha value is -5.14. The van der Waals surface area contributed by atoms with Crippen molar-refractivity contribution in [1.82, 2.24) is 30.1 Å². The molecular weight excluding hydrogens is 623 g/mol. The maximum absolute atomic E-state index is 15.1. The number of halogens is 1. The van der Waals surface area contributed by atoms with Gasteiger partial charge in [-0.3, -0.25) is 19.3 Å². The number of hydrogen-bond acceptors (Lipinski definition) is 9. The summed E-state index contributed by atoms with van der Waals surface area (Å²) < 4.78 is 28.5. The van der Waals surface area contributed by atoms with Gasteiger partial charge in [0, 0.05) is 32.2 Å². The smallest absolute Gasteiger partial charge is 0.275 e. The maximum Gasteiger partial charge on any atom is 0.275 e. The SMILES string of the molecule is CCc1nn2c(=O)cc(CN3C[C@@H]4NC(=O)c5cc(ccc5F)-c5cccc(c5)OCC(=O)NCc5ccc(cc5)O[C@H]4C3)nc2s1. The summed E-state index contributed by atoms with van der Waals surface area (Å²) in [6, 6.07) is 19.7. The fourth-order valence-electron chi connectivity index (χ4n) is 5.74. The second-order valence-electron chi connectivity index (χ2n) is 11.5. The van der Waals surface area contributed by atoms with Crippen molar-refractivity contribution in [1.29, 1.82) is 0 Å². The molecule has 11 nitrogen and oxygen atoms in total. The second-order valence-corrected chi connectivity index (χ2v) is 12.5. The van der Waals surface area contributed by atoms with Gasteiger partial charge in [-0.05, 0) is 59.5 Å². The minimum absolute atomic E-state index is 0.110. The van der Waals surface area contributed by atoms with E-state index in [2.05, 4.69) is 20.7 Å². The summed E-state index contributed by atoms with van der Waals surface area (Å²) in [4.78, 5) is 46.1. The van der Waals surface area contributed by atoms with Gasteiger partial charge >= 0.3 is 0 Å². The van der Waals surface area contributed by atoms with Gasteiger partial charge in [0.25, 0.3) is 17.4 Å². The third kappa shape index (κ3) is 6.71. The molecule has 2 N–H and O–H groups in total. The molecule has 3 aliphatic heterocycles. The lowest BCUT2D eigenvalue weighted by Gasteiger charge is -2.22. The van der Waals surface area contributed by atoms with Crippen molar-refractivity contribution >= 4 is 28.1 Å². The molecule has 6 bridgehead atoms. The van der Waals surface area contributed by atoms with E-state index in [0.717, 1.165) is 10.6 Å². The molecule has 0 spiro atoms. The number of carbonyl (C=O) groups excluding carboxylic acids is 2. The molecule has 47 heavy (non-hydrogen) atoms. The predicted octanol–water partition coefficient (Wildman–Crippen LogP) is 3.59. The Morgan fingerprint density at radius 3 is 2.64 bits per heavy atom. The number of aryl methyl sites for hydroxylation is 1. The van der Waals surface area contributed by atoms with Gasteiger partial charge in [0.2, 0.25) is 4.96 Å². The lowest BCUT2D eigenvalue weighted by molar-refractivity contribution is -0.123. The van der Waals surface area contributed by atoms with E-state index in [9.17, 15) is 14.4 Å². The summed E-state index contributed by atoms with van der Waals surface area (Å²) in [6.07, 6.45) is 0.213. The molecule has 0 saturated carbocycles. The first-order chi connectivity index (χ1) is 22.8. The van der Waals surface area contributed by atoms with Crippen LogP contribution >= 0.6 is 11.3 Å². The Balaban J connectivity index is 1.19. The number of hydrogen-bond donors (Lipinski definition) is 2.